The number of benzene rings is 1. The normalized spacial score (nSPS) is 19.9. The minimum Gasteiger partial charge on any atom is -0.481 e. The molecule has 2 rings (SSSR count). The maximum Gasteiger partial charge on any atom is 0.307 e. The monoisotopic (exact) mass is 368 g/mol. The minimum absolute atomic E-state index is 0.170. The molecule has 22 heavy (non-hydrogen) atoms. The summed E-state index contributed by atoms with van der Waals surface area (Å²) < 4.78 is 0.948. The highest BCUT2D eigenvalue weighted by Crippen LogP contribution is 2.34. The summed E-state index contributed by atoms with van der Waals surface area (Å²) in [4.78, 5) is 34.5. The number of amides is 2. The summed E-state index contributed by atoms with van der Waals surface area (Å²) in [5, 5.41) is 14.1. The summed E-state index contributed by atoms with van der Waals surface area (Å²) >= 11 is 3.38. The SMILES string of the molecule is Cc1cc(NC(=O)CNC(=O)C2CCC2C(=O)O)ccc1Br. The molecule has 1 aliphatic carbocycles. The van der Waals surface area contributed by atoms with Crippen LogP contribution in [0.15, 0.2) is 22.7 Å². The van der Waals surface area contributed by atoms with Crippen molar-refractivity contribution in [3.63, 3.8) is 0 Å². The molecular formula is C15H17BrN2O4. The summed E-state index contributed by atoms with van der Waals surface area (Å²) in [6.07, 6.45) is 1.06. The Kier molecular flexibility index (Phi) is 5.18. The van der Waals surface area contributed by atoms with Gasteiger partial charge in [0.05, 0.1) is 18.4 Å². The summed E-state index contributed by atoms with van der Waals surface area (Å²) in [5.74, 6) is -2.83. The molecule has 0 heterocycles. The zero-order valence-corrected chi connectivity index (χ0v) is 13.6. The molecule has 1 saturated carbocycles. The fourth-order valence-corrected chi connectivity index (χ4v) is 2.58. The standard InChI is InChI=1S/C15H17BrN2O4/c1-8-6-9(2-5-12(8)16)18-13(19)7-17-14(20)10-3-4-11(10)15(21)22/h2,5-6,10-11H,3-4,7H2,1H3,(H,17,20)(H,18,19)(H,21,22). The number of carbonyl (C=O) groups is 3. The highest BCUT2D eigenvalue weighted by molar-refractivity contribution is 9.10. The van der Waals surface area contributed by atoms with Gasteiger partial charge in [-0.15, -0.1) is 0 Å². The van der Waals surface area contributed by atoms with Crippen LogP contribution in [0.25, 0.3) is 0 Å². The number of carbonyl (C=O) groups excluding carboxylic acids is 2. The number of carboxylic acid groups (broad SMARTS) is 1. The van der Waals surface area contributed by atoms with Crippen LogP contribution < -0.4 is 10.6 Å². The zero-order chi connectivity index (χ0) is 16.3. The van der Waals surface area contributed by atoms with Crippen molar-refractivity contribution in [2.45, 2.75) is 19.8 Å². The molecule has 0 aliphatic heterocycles. The molecule has 1 aromatic carbocycles. The van der Waals surface area contributed by atoms with E-state index in [0.717, 1.165) is 10.0 Å². The van der Waals surface area contributed by atoms with Crippen molar-refractivity contribution in [3.8, 4) is 0 Å². The van der Waals surface area contributed by atoms with E-state index in [2.05, 4.69) is 26.6 Å². The predicted octanol–water partition coefficient (Wildman–Crippen LogP) is 1.92. The average Bonchev–Trinajstić information content (AvgIpc) is 2.39. The summed E-state index contributed by atoms with van der Waals surface area (Å²) in [7, 11) is 0. The van der Waals surface area contributed by atoms with Gasteiger partial charge in [0.1, 0.15) is 0 Å². The van der Waals surface area contributed by atoms with Gasteiger partial charge in [-0.2, -0.15) is 0 Å². The van der Waals surface area contributed by atoms with Gasteiger partial charge in [-0.1, -0.05) is 15.9 Å². The van der Waals surface area contributed by atoms with Crippen LogP contribution in [0.3, 0.4) is 0 Å². The number of rotatable bonds is 5. The number of halogens is 1. The third-order valence-corrected chi connectivity index (χ3v) is 4.68. The molecule has 7 heteroatoms. The molecule has 0 bridgehead atoms. The number of aryl methyl sites for hydroxylation is 1. The third kappa shape index (κ3) is 3.85. The molecule has 0 radical (unpaired) electrons. The Hall–Kier alpha value is -1.89. The Bertz CT molecular complexity index is 618. The molecule has 0 saturated heterocycles. The lowest BCUT2D eigenvalue weighted by Crippen LogP contribution is -2.45. The van der Waals surface area contributed by atoms with E-state index >= 15 is 0 Å². The van der Waals surface area contributed by atoms with Crippen LogP contribution in [0.2, 0.25) is 0 Å². The van der Waals surface area contributed by atoms with Gasteiger partial charge < -0.3 is 15.7 Å². The Morgan fingerprint density at radius 3 is 2.50 bits per heavy atom. The minimum atomic E-state index is -0.957. The fraction of sp³-hybridized carbons (Fsp3) is 0.400. The van der Waals surface area contributed by atoms with Gasteiger partial charge in [0, 0.05) is 10.2 Å². The first kappa shape index (κ1) is 16.5. The van der Waals surface area contributed by atoms with Crippen LogP contribution >= 0.6 is 15.9 Å². The van der Waals surface area contributed by atoms with E-state index in [1.54, 1.807) is 6.07 Å². The van der Waals surface area contributed by atoms with Gasteiger partial charge in [-0.05, 0) is 43.5 Å². The molecule has 1 aliphatic rings. The second-order valence-electron chi connectivity index (χ2n) is 5.36. The first-order valence-corrected chi connectivity index (χ1v) is 7.74. The fourth-order valence-electron chi connectivity index (χ4n) is 2.34. The van der Waals surface area contributed by atoms with E-state index in [9.17, 15) is 14.4 Å². The second kappa shape index (κ2) is 6.91. The number of nitrogens with one attached hydrogen (secondary N) is 2. The number of hydrogen-bond donors (Lipinski definition) is 3. The molecule has 2 amide bonds. The summed E-state index contributed by atoms with van der Waals surface area (Å²) in [6.45, 7) is 1.74. The third-order valence-electron chi connectivity index (χ3n) is 3.79. The lowest BCUT2D eigenvalue weighted by molar-refractivity contribution is -0.152. The summed E-state index contributed by atoms with van der Waals surface area (Å²) in [6, 6.07) is 5.40. The molecule has 2 unspecified atom stereocenters. The molecule has 0 aromatic heterocycles. The quantitative estimate of drug-likeness (QED) is 0.739. The highest BCUT2D eigenvalue weighted by atomic mass is 79.9. The van der Waals surface area contributed by atoms with Crippen molar-refractivity contribution < 1.29 is 19.5 Å². The molecule has 1 aromatic rings. The van der Waals surface area contributed by atoms with Crippen molar-refractivity contribution in [2.24, 2.45) is 11.8 Å². The molecule has 118 valence electrons. The van der Waals surface area contributed by atoms with E-state index in [4.69, 9.17) is 5.11 Å². The maximum atomic E-state index is 11.8. The number of aliphatic carboxylic acids is 1. The largest absolute Gasteiger partial charge is 0.481 e. The van der Waals surface area contributed by atoms with Gasteiger partial charge in [0.2, 0.25) is 11.8 Å². The molecule has 2 atom stereocenters. The first-order chi connectivity index (χ1) is 10.4. The van der Waals surface area contributed by atoms with Gasteiger partial charge in [-0.3, -0.25) is 14.4 Å². The first-order valence-electron chi connectivity index (χ1n) is 6.95. The van der Waals surface area contributed by atoms with E-state index in [0.29, 0.717) is 18.5 Å². The van der Waals surface area contributed by atoms with Crippen molar-refractivity contribution in [3.05, 3.63) is 28.2 Å². The van der Waals surface area contributed by atoms with Gasteiger partial charge in [-0.25, -0.2) is 0 Å². The lowest BCUT2D eigenvalue weighted by atomic mass is 9.73. The topological polar surface area (TPSA) is 95.5 Å². The molecule has 3 N–H and O–H groups in total. The predicted molar refractivity (Wildman–Crippen MR) is 84.4 cm³/mol. The van der Waals surface area contributed by atoms with E-state index < -0.39 is 17.8 Å². The Labute approximate surface area is 136 Å². The lowest BCUT2D eigenvalue weighted by Gasteiger charge is -2.31. The van der Waals surface area contributed by atoms with Crippen LogP contribution in [-0.2, 0) is 14.4 Å². The number of hydrogen-bond acceptors (Lipinski definition) is 3. The van der Waals surface area contributed by atoms with Crippen LogP contribution in [-0.4, -0.2) is 29.4 Å². The number of anilines is 1. The highest BCUT2D eigenvalue weighted by Gasteiger charge is 2.41. The van der Waals surface area contributed by atoms with E-state index in [1.807, 2.05) is 19.1 Å². The Morgan fingerprint density at radius 1 is 1.27 bits per heavy atom. The second-order valence-corrected chi connectivity index (χ2v) is 6.21. The van der Waals surface area contributed by atoms with Crippen molar-refractivity contribution in [2.75, 3.05) is 11.9 Å². The molecule has 1 fully saturated rings. The van der Waals surface area contributed by atoms with Crippen LogP contribution in [0.1, 0.15) is 18.4 Å². The Morgan fingerprint density at radius 2 is 1.95 bits per heavy atom. The zero-order valence-electron chi connectivity index (χ0n) is 12.1. The van der Waals surface area contributed by atoms with Crippen molar-refractivity contribution in [1.82, 2.24) is 5.32 Å². The van der Waals surface area contributed by atoms with E-state index in [-0.39, 0.29) is 18.4 Å². The van der Waals surface area contributed by atoms with Gasteiger partial charge in [0.15, 0.2) is 0 Å². The van der Waals surface area contributed by atoms with Crippen LogP contribution in [0.5, 0.6) is 0 Å². The van der Waals surface area contributed by atoms with E-state index in [1.165, 1.54) is 0 Å². The molecular weight excluding hydrogens is 352 g/mol. The average molecular weight is 369 g/mol. The number of carboxylic acids is 1. The Balaban J connectivity index is 1.81. The van der Waals surface area contributed by atoms with Crippen molar-refractivity contribution >= 4 is 39.4 Å². The smallest absolute Gasteiger partial charge is 0.307 e. The van der Waals surface area contributed by atoms with Crippen LogP contribution in [0, 0.1) is 18.8 Å². The van der Waals surface area contributed by atoms with Crippen molar-refractivity contribution in [1.29, 1.82) is 0 Å². The summed E-state index contributed by atoms with van der Waals surface area (Å²) in [5.41, 5.74) is 1.63. The molecule has 6 nitrogen and oxygen atoms in total. The van der Waals surface area contributed by atoms with Crippen LogP contribution in [0.4, 0.5) is 5.69 Å². The van der Waals surface area contributed by atoms with Gasteiger partial charge in [0.25, 0.3) is 0 Å². The van der Waals surface area contributed by atoms with Gasteiger partial charge >= 0.3 is 5.97 Å². The maximum absolute atomic E-state index is 11.8. The molecule has 0 spiro atoms.